The average molecular weight is 410 g/mol. The predicted octanol–water partition coefficient (Wildman–Crippen LogP) is 2.30. The third-order valence-corrected chi connectivity index (χ3v) is 3.81. The number of rotatable bonds is 6. The van der Waals surface area contributed by atoms with Crippen LogP contribution in [0.25, 0.3) is 0 Å². The van der Waals surface area contributed by atoms with Crippen LogP contribution in [-0.4, -0.2) is 42.4 Å². The number of benzene rings is 1. The second-order valence-electron chi connectivity index (χ2n) is 5.75. The number of likely N-dealkylation sites (N-methyl/N-ethyl adjacent to an activating group) is 1. The molecule has 0 aliphatic carbocycles. The number of nitriles is 1. The van der Waals surface area contributed by atoms with Crippen molar-refractivity contribution in [3.05, 3.63) is 29.8 Å². The van der Waals surface area contributed by atoms with Crippen LogP contribution in [0.2, 0.25) is 0 Å². The van der Waals surface area contributed by atoms with Crippen LogP contribution in [0, 0.1) is 11.3 Å². The average Bonchev–Trinajstić information content (AvgIpc) is 2.64. The summed E-state index contributed by atoms with van der Waals surface area (Å²) in [6.07, 6.45) is -4.85. The standard InChI is InChI=1S/C17H17F3N6O3/c1-9(26(2)13-12(8-21)15(28-3)25-16(22)24-13)14(27)23-10-5-4-6-11(7-10)29-17(18,19)20/h4-7,9H,1-3H3,(H,23,27)(H2,22,24,25)/t9-/m0/s1. The van der Waals surface area contributed by atoms with E-state index in [1.54, 1.807) is 0 Å². The van der Waals surface area contributed by atoms with Gasteiger partial charge in [0, 0.05) is 18.8 Å². The van der Waals surface area contributed by atoms with Gasteiger partial charge >= 0.3 is 6.36 Å². The quantitative estimate of drug-likeness (QED) is 0.743. The Hall–Kier alpha value is -3.75. The second kappa shape index (κ2) is 8.51. The molecule has 0 aliphatic rings. The molecule has 0 bridgehead atoms. The van der Waals surface area contributed by atoms with Crippen molar-refractivity contribution in [1.29, 1.82) is 5.26 Å². The maximum atomic E-state index is 12.6. The van der Waals surface area contributed by atoms with Gasteiger partial charge in [0.1, 0.15) is 17.9 Å². The molecule has 0 aliphatic heterocycles. The molecule has 154 valence electrons. The van der Waals surface area contributed by atoms with Crippen LogP contribution in [-0.2, 0) is 4.79 Å². The number of hydrogen-bond acceptors (Lipinski definition) is 8. The van der Waals surface area contributed by atoms with Gasteiger partial charge in [0.05, 0.1) is 7.11 Å². The van der Waals surface area contributed by atoms with Crippen LogP contribution in [0.1, 0.15) is 12.5 Å². The number of alkyl halides is 3. The number of hydrogen-bond donors (Lipinski definition) is 2. The summed E-state index contributed by atoms with van der Waals surface area (Å²) >= 11 is 0. The maximum absolute atomic E-state index is 12.6. The van der Waals surface area contributed by atoms with Crippen LogP contribution in [0.4, 0.5) is 30.6 Å². The fourth-order valence-corrected chi connectivity index (χ4v) is 2.32. The SMILES string of the molecule is COc1nc(N)nc(N(C)[C@@H](C)C(=O)Nc2cccc(OC(F)(F)F)c2)c1C#N. The van der Waals surface area contributed by atoms with E-state index < -0.39 is 24.1 Å². The summed E-state index contributed by atoms with van der Waals surface area (Å²) in [6, 6.07) is 5.85. The molecule has 3 N–H and O–H groups in total. The van der Waals surface area contributed by atoms with E-state index in [0.29, 0.717) is 0 Å². The topological polar surface area (TPSA) is 126 Å². The highest BCUT2D eigenvalue weighted by atomic mass is 19.4. The van der Waals surface area contributed by atoms with E-state index in [0.717, 1.165) is 12.1 Å². The van der Waals surface area contributed by atoms with Crippen LogP contribution in [0.5, 0.6) is 11.6 Å². The lowest BCUT2D eigenvalue weighted by Gasteiger charge is -2.26. The minimum atomic E-state index is -4.85. The van der Waals surface area contributed by atoms with Crippen LogP contribution < -0.4 is 25.4 Å². The Morgan fingerprint density at radius 3 is 2.66 bits per heavy atom. The number of halogens is 3. The summed E-state index contributed by atoms with van der Waals surface area (Å²) in [5.74, 6) is -1.19. The molecule has 0 radical (unpaired) electrons. The van der Waals surface area contributed by atoms with E-state index in [9.17, 15) is 23.2 Å². The normalized spacial score (nSPS) is 11.9. The number of carbonyl (C=O) groups is 1. The first kappa shape index (κ1) is 21.5. The Kier molecular flexibility index (Phi) is 6.32. The third-order valence-electron chi connectivity index (χ3n) is 3.81. The third kappa shape index (κ3) is 5.38. The number of methoxy groups -OCH3 is 1. The molecule has 2 rings (SSSR count). The van der Waals surface area contributed by atoms with Crippen molar-refractivity contribution in [3.8, 4) is 17.7 Å². The summed E-state index contributed by atoms with van der Waals surface area (Å²) in [6.45, 7) is 1.51. The van der Waals surface area contributed by atoms with Gasteiger partial charge in [-0.2, -0.15) is 15.2 Å². The van der Waals surface area contributed by atoms with E-state index in [2.05, 4.69) is 20.0 Å². The molecule has 0 saturated carbocycles. The smallest absolute Gasteiger partial charge is 0.480 e. The Bertz CT molecular complexity index is 945. The summed E-state index contributed by atoms with van der Waals surface area (Å²) in [7, 11) is 2.80. The molecule has 29 heavy (non-hydrogen) atoms. The van der Waals surface area contributed by atoms with Gasteiger partial charge in [-0.25, -0.2) is 0 Å². The molecule has 1 amide bonds. The Morgan fingerprint density at radius 2 is 2.07 bits per heavy atom. The molecule has 0 spiro atoms. The number of carbonyl (C=O) groups excluding carboxylic acids is 1. The van der Waals surface area contributed by atoms with E-state index in [1.807, 2.05) is 6.07 Å². The van der Waals surface area contributed by atoms with Crippen molar-refractivity contribution in [3.63, 3.8) is 0 Å². The zero-order valence-electron chi connectivity index (χ0n) is 15.6. The van der Waals surface area contributed by atoms with Gasteiger partial charge in [0.25, 0.3) is 0 Å². The van der Waals surface area contributed by atoms with Crippen molar-refractivity contribution in [2.75, 3.05) is 30.1 Å². The first-order chi connectivity index (χ1) is 13.6. The van der Waals surface area contributed by atoms with Crippen molar-refractivity contribution < 1.29 is 27.4 Å². The largest absolute Gasteiger partial charge is 0.573 e. The predicted molar refractivity (Wildman–Crippen MR) is 97.3 cm³/mol. The first-order valence-electron chi connectivity index (χ1n) is 8.06. The van der Waals surface area contributed by atoms with Crippen LogP contribution in [0.3, 0.4) is 0 Å². The Balaban J connectivity index is 2.22. The lowest BCUT2D eigenvalue weighted by molar-refractivity contribution is -0.274. The van der Waals surface area contributed by atoms with Crippen LogP contribution in [0.15, 0.2) is 24.3 Å². The molecule has 2 aromatic rings. The first-order valence-corrected chi connectivity index (χ1v) is 8.06. The highest BCUT2D eigenvalue weighted by Gasteiger charge is 2.31. The van der Waals surface area contributed by atoms with Gasteiger partial charge in [-0.05, 0) is 19.1 Å². The monoisotopic (exact) mass is 410 g/mol. The molecule has 12 heteroatoms. The Labute approximate surface area is 163 Å². The van der Waals surface area contributed by atoms with Crippen molar-refractivity contribution in [2.45, 2.75) is 19.3 Å². The molecular weight excluding hydrogens is 393 g/mol. The highest BCUT2D eigenvalue weighted by Crippen LogP contribution is 2.28. The fourth-order valence-electron chi connectivity index (χ4n) is 2.32. The van der Waals surface area contributed by atoms with E-state index in [4.69, 9.17) is 10.5 Å². The van der Waals surface area contributed by atoms with Crippen molar-refractivity contribution >= 4 is 23.4 Å². The molecule has 1 heterocycles. The fraction of sp³-hybridized carbons (Fsp3) is 0.294. The minimum Gasteiger partial charge on any atom is -0.480 e. The molecule has 0 saturated heterocycles. The Morgan fingerprint density at radius 1 is 1.38 bits per heavy atom. The molecular formula is C17H17F3N6O3. The molecule has 1 aromatic carbocycles. The van der Waals surface area contributed by atoms with E-state index >= 15 is 0 Å². The number of nitrogens with zero attached hydrogens (tertiary/aromatic N) is 4. The molecule has 1 aromatic heterocycles. The maximum Gasteiger partial charge on any atom is 0.573 e. The lowest BCUT2D eigenvalue weighted by Crippen LogP contribution is -2.40. The number of anilines is 3. The number of amides is 1. The van der Waals surface area contributed by atoms with Gasteiger partial charge < -0.3 is 25.4 Å². The van der Waals surface area contributed by atoms with Gasteiger partial charge in [0.2, 0.25) is 17.7 Å². The van der Waals surface area contributed by atoms with Gasteiger partial charge in [-0.3, -0.25) is 4.79 Å². The zero-order valence-corrected chi connectivity index (χ0v) is 15.6. The van der Waals surface area contributed by atoms with Crippen molar-refractivity contribution in [2.24, 2.45) is 0 Å². The number of aromatic nitrogens is 2. The lowest BCUT2D eigenvalue weighted by atomic mass is 10.2. The van der Waals surface area contributed by atoms with Crippen molar-refractivity contribution in [1.82, 2.24) is 9.97 Å². The summed E-state index contributed by atoms with van der Waals surface area (Å²) in [5.41, 5.74) is 5.69. The van der Waals surface area contributed by atoms with Crippen LogP contribution >= 0.6 is 0 Å². The summed E-state index contributed by atoms with van der Waals surface area (Å²) in [4.78, 5) is 21.7. The van der Waals surface area contributed by atoms with E-state index in [-0.39, 0.29) is 28.9 Å². The van der Waals surface area contributed by atoms with Gasteiger partial charge in [0.15, 0.2) is 11.4 Å². The van der Waals surface area contributed by atoms with Gasteiger partial charge in [-0.15, -0.1) is 13.2 Å². The number of nitrogens with one attached hydrogen (secondary N) is 1. The summed E-state index contributed by atoms with van der Waals surface area (Å²) in [5, 5.41) is 11.8. The summed E-state index contributed by atoms with van der Waals surface area (Å²) < 4.78 is 45.9. The van der Waals surface area contributed by atoms with E-state index in [1.165, 1.54) is 38.1 Å². The second-order valence-corrected chi connectivity index (χ2v) is 5.75. The zero-order chi connectivity index (χ0) is 21.8. The molecule has 9 nitrogen and oxygen atoms in total. The number of nitrogen functional groups attached to an aromatic ring is 1. The molecule has 1 atom stereocenters. The molecule has 0 unspecified atom stereocenters. The number of ether oxygens (including phenoxy) is 2. The minimum absolute atomic E-state index is 0.0237. The highest BCUT2D eigenvalue weighted by molar-refractivity contribution is 5.96. The molecule has 0 fully saturated rings. The number of nitrogens with two attached hydrogens (primary N) is 1. The van der Waals surface area contributed by atoms with Gasteiger partial charge in [-0.1, -0.05) is 6.07 Å².